The van der Waals surface area contributed by atoms with Crippen LogP contribution in [0.15, 0.2) is 47.0 Å². The van der Waals surface area contributed by atoms with E-state index in [2.05, 4.69) is 22.5 Å². The van der Waals surface area contributed by atoms with Crippen LogP contribution in [0.3, 0.4) is 0 Å². The number of anilines is 1. The Hall–Kier alpha value is -3.02. The number of aryl methyl sites for hydroxylation is 3. The van der Waals surface area contributed by atoms with Gasteiger partial charge in [-0.2, -0.15) is 5.10 Å². The maximum Gasteiger partial charge on any atom is 0.292 e. The normalized spacial score (nSPS) is 12.8. The van der Waals surface area contributed by atoms with Crippen LogP contribution in [-0.2, 0) is 26.5 Å². The molecule has 0 radical (unpaired) electrons. The number of nitrogens with zero attached hydrogens (tertiary/aromatic N) is 2. The van der Waals surface area contributed by atoms with E-state index >= 15 is 0 Å². The maximum absolute atomic E-state index is 12.1. The van der Waals surface area contributed by atoms with Gasteiger partial charge in [0.15, 0.2) is 11.6 Å². The molecule has 0 spiro atoms. The lowest BCUT2D eigenvalue weighted by molar-refractivity contribution is 0.0992. The molecule has 0 fully saturated rings. The van der Waals surface area contributed by atoms with E-state index in [1.54, 1.807) is 36.1 Å². The maximum atomic E-state index is 12.1. The molecule has 1 aliphatic carbocycles. The standard InChI is InChI=1S/C19H19N3O3/c1-22-10-9-18(21-22)20-19(23)17-8-7-16(25-17)12-24-15-6-5-13-3-2-4-14(13)11-15/h5-11H,2-4,12H2,1H3,(H,20,21,23). The number of amides is 1. The van der Waals surface area contributed by atoms with Crippen molar-refractivity contribution < 1.29 is 13.9 Å². The zero-order valence-corrected chi connectivity index (χ0v) is 14.0. The number of benzene rings is 1. The van der Waals surface area contributed by atoms with Crippen LogP contribution in [0.5, 0.6) is 5.75 Å². The molecular weight excluding hydrogens is 318 g/mol. The van der Waals surface area contributed by atoms with Gasteiger partial charge in [-0.05, 0) is 54.7 Å². The van der Waals surface area contributed by atoms with Gasteiger partial charge in [-0.25, -0.2) is 0 Å². The Morgan fingerprint density at radius 1 is 1.24 bits per heavy atom. The summed E-state index contributed by atoms with van der Waals surface area (Å²) in [5.74, 6) is 1.82. The van der Waals surface area contributed by atoms with E-state index in [0.29, 0.717) is 11.6 Å². The second kappa shape index (κ2) is 6.47. The number of furan rings is 1. The Labute approximate surface area is 145 Å². The van der Waals surface area contributed by atoms with Crippen LogP contribution in [-0.4, -0.2) is 15.7 Å². The molecule has 1 amide bonds. The number of carbonyl (C=O) groups excluding carboxylic acids is 1. The Balaban J connectivity index is 1.37. The van der Waals surface area contributed by atoms with Crippen molar-refractivity contribution in [1.29, 1.82) is 0 Å². The van der Waals surface area contributed by atoms with E-state index in [0.717, 1.165) is 18.6 Å². The van der Waals surface area contributed by atoms with Crippen LogP contribution in [0.25, 0.3) is 0 Å². The molecule has 1 aromatic carbocycles. The van der Waals surface area contributed by atoms with Gasteiger partial charge in [-0.1, -0.05) is 6.07 Å². The predicted octanol–water partition coefficient (Wildman–Crippen LogP) is 3.33. The first-order chi connectivity index (χ1) is 12.2. The molecule has 0 saturated carbocycles. The number of carbonyl (C=O) groups is 1. The fourth-order valence-electron chi connectivity index (χ4n) is 3.03. The number of nitrogens with one attached hydrogen (secondary N) is 1. The van der Waals surface area contributed by atoms with Crippen molar-refractivity contribution in [3.63, 3.8) is 0 Å². The van der Waals surface area contributed by atoms with Crippen LogP contribution in [0.2, 0.25) is 0 Å². The molecule has 2 aromatic heterocycles. The molecule has 6 heteroatoms. The minimum absolute atomic E-state index is 0.234. The predicted molar refractivity (Wildman–Crippen MR) is 92.7 cm³/mol. The van der Waals surface area contributed by atoms with E-state index in [1.165, 1.54) is 17.5 Å². The van der Waals surface area contributed by atoms with E-state index in [-0.39, 0.29) is 18.3 Å². The second-order valence-corrected chi connectivity index (χ2v) is 6.17. The van der Waals surface area contributed by atoms with Crippen molar-refractivity contribution in [2.75, 3.05) is 5.32 Å². The lowest BCUT2D eigenvalue weighted by atomic mass is 10.1. The van der Waals surface area contributed by atoms with Crippen molar-refractivity contribution in [2.45, 2.75) is 25.9 Å². The molecule has 4 rings (SSSR count). The third-order valence-corrected chi connectivity index (χ3v) is 4.29. The minimum Gasteiger partial charge on any atom is -0.486 e. The number of fused-ring (bicyclic) bond motifs is 1. The molecular formula is C19H19N3O3. The lowest BCUT2D eigenvalue weighted by Gasteiger charge is -2.06. The van der Waals surface area contributed by atoms with Gasteiger partial charge in [0.25, 0.3) is 5.91 Å². The van der Waals surface area contributed by atoms with Crippen LogP contribution < -0.4 is 10.1 Å². The topological polar surface area (TPSA) is 69.3 Å². The summed E-state index contributed by atoms with van der Waals surface area (Å²) in [6.45, 7) is 0.287. The molecule has 0 bridgehead atoms. The minimum atomic E-state index is -0.331. The highest BCUT2D eigenvalue weighted by Crippen LogP contribution is 2.26. The first-order valence-electron chi connectivity index (χ1n) is 8.32. The van der Waals surface area contributed by atoms with Gasteiger partial charge in [0.1, 0.15) is 18.1 Å². The highest BCUT2D eigenvalue weighted by Gasteiger charge is 2.14. The molecule has 3 aromatic rings. The smallest absolute Gasteiger partial charge is 0.292 e. The van der Waals surface area contributed by atoms with Crippen molar-refractivity contribution in [3.05, 3.63) is 65.2 Å². The largest absolute Gasteiger partial charge is 0.486 e. The molecule has 0 atom stereocenters. The Kier molecular flexibility index (Phi) is 4.01. The first kappa shape index (κ1) is 15.5. The van der Waals surface area contributed by atoms with Gasteiger partial charge in [0.2, 0.25) is 0 Å². The van der Waals surface area contributed by atoms with Crippen LogP contribution in [0.1, 0.15) is 33.9 Å². The third kappa shape index (κ3) is 3.42. The van der Waals surface area contributed by atoms with Crippen LogP contribution in [0, 0.1) is 0 Å². The van der Waals surface area contributed by atoms with E-state index in [1.807, 2.05) is 6.07 Å². The molecule has 0 aliphatic heterocycles. The molecule has 6 nitrogen and oxygen atoms in total. The fourth-order valence-corrected chi connectivity index (χ4v) is 3.03. The summed E-state index contributed by atoms with van der Waals surface area (Å²) in [4.78, 5) is 12.1. The lowest BCUT2D eigenvalue weighted by Crippen LogP contribution is -2.11. The summed E-state index contributed by atoms with van der Waals surface area (Å²) in [6.07, 6.45) is 5.24. The second-order valence-electron chi connectivity index (χ2n) is 6.17. The summed E-state index contributed by atoms with van der Waals surface area (Å²) >= 11 is 0. The quantitative estimate of drug-likeness (QED) is 0.775. The first-order valence-corrected chi connectivity index (χ1v) is 8.32. The van der Waals surface area contributed by atoms with Gasteiger partial charge in [0, 0.05) is 19.3 Å². The Morgan fingerprint density at radius 3 is 2.96 bits per heavy atom. The average Bonchev–Trinajstić information content (AvgIpc) is 3.33. The van der Waals surface area contributed by atoms with Gasteiger partial charge >= 0.3 is 0 Å². The van der Waals surface area contributed by atoms with Crippen LogP contribution in [0.4, 0.5) is 5.82 Å². The molecule has 1 aliphatic rings. The molecule has 25 heavy (non-hydrogen) atoms. The number of ether oxygens (including phenoxy) is 1. The molecule has 128 valence electrons. The van der Waals surface area contributed by atoms with Gasteiger partial charge in [-0.3, -0.25) is 9.48 Å². The molecule has 0 unspecified atom stereocenters. The number of rotatable bonds is 5. The van der Waals surface area contributed by atoms with Crippen molar-refractivity contribution >= 4 is 11.7 Å². The zero-order valence-electron chi connectivity index (χ0n) is 14.0. The summed E-state index contributed by atoms with van der Waals surface area (Å²) in [6, 6.07) is 11.3. The number of hydrogen-bond donors (Lipinski definition) is 1. The van der Waals surface area contributed by atoms with E-state index in [9.17, 15) is 4.79 Å². The summed E-state index contributed by atoms with van der Waals surface area (Å²) in [7, 11) is 1.79. The summed E-state index contributed by atoms with van der Waals surface area (Å²) in [5.41, 5.74) is 2.78. The average molecular weight is 337 g/mol. The van der Waals surface area contributed by atoms with E-state index in [4.69, 9.17) is 9.15 Å². The van der Waals surface area contributed by atoms with Crippen LogP contribution >= 0.6 is 0 Å². The summed E-state index contributed by atoms with van der Waals surface area (Å²) < 4.78 is 13.0. The highest BCUT2D eigenvalue weighted by atomic mass is 16.5. The Morgan fingerprint density at radius 2 is 2.12 bits per heavy atom. The molecule has 1 N–H and O–H groups in total. The van der Waals surface area contributed by atoms with Crippen molar-refractivity contribution in [2.24, 2.45) is 7.05 Å². The van der Waals surface area contributed by atoms with Crippen molar-refractivity contribution in [3.8, 4) is 5.75 Å². The monoisotopic (exact) mass is 337 g/mol. The fraction of sp³-hybridized carbons (Fsp3) is 0.263. The number of aromatic nitrogens is 2. The van der Waals surface area contributed by atoms with Gasteiger partial charge < -0.3 is 14.5 Å². The molecule has 0 saturated heterocycles. The Bertz CT molecular complexity index is 910. The zero-order chi connectivity index (χ0) is 17.2. The molecule has 2 heterocycles. The highest BCUT2D eigenvalue weighted by molar-refractivity contribution is 6.01. The number of hydrogen-bond acceptors (Lipinski definition) is 4. The summed E-state index contributed by atoms with van der Waals surface area (Å²) in [5, 5.41) is 6.79. The SMILES string of the molecule is Cn1ccc(NC(=O)c2ccc(COc3ccc4c(c3)CCC4)o2)n1. The van der Waals surface area contributed by atoms with Gasteiger partial charge in [-0.15, -0.1) is 0 Å². The van der Waals surface area contributed by atoms with Gasteiger partial charge in [0.05, 0.1) is 0 Å². The van der Waals surface area contributed by atoms with Crippen molar-refractivity contribution in [1.82, 2.24) is 9.78 Å². The van der Waals surface area contributed by atoms with E-state index < -0.39 is 0 Å². The third-order valence-electron chi connectivity index (χ3n) is 4.29.